The summed E-state index contributed by atoms with van der Waals surface area (Å²) < 4.78 is 5.42. The fourth-order valence-electron chi connectivity index (χ4n) is 4.19. The van der Waals surface area contributed by atoms with Crippen molar-refractivity contribution in [3.63, 3.8) is 0 Å². The molecule has 0 amide bonds. The second-order valence-corrected chi connectivity index (χ2v) is 8.29. The standard InChI is InChI=1S/C17H33N11O/c18-11-5-12(19)8-26(7-11)16-22-15(25-28-1-3-29-4-2-28)23-17(24-16)27-9-13(20)6-14(21)10-27/h11-14H,1-10,18-21H2,(H,22,23,24,25). The van der Waals surface area contributed by atoms with E-state index in [9.17, 15) is 0 Å². The lowest BCUT2D eigenvalue weighted by atomic mass is 10.0. The van der Waals surface area contributed by atoms with Crippen LogP contribution in [0.15, 0.2) is 0 Å². The molecule has 162 valence electrons. The molecule has 4 rings (SSSR count). The molecule has 0 spiro atoms. The average Bonchev–Trinajstić information content (AvgIpc) is 2.67. The van der Waals surface area contributed by atoms with Crippen molar-refractivity contribution >= 4 is 17.8 Å². The third-order valence-corrected chi connectivity index (χ3v) is 5.48. The highest BCUT2D eigenvalue weighted by Crippen LogP contribution is 2.22. The summed E-state index contributed by atoms with van der Waals surface area (Å²) >= 11 is 0. The SMILES string of the molecule is NC1CC(N)CN(c2nc(NN3CCOCC3)nc(N3CC(N)CC(N)C3)n2)C1. The molecule has 0 aromatic carbocycles. The molecule has 12 heteroatoms. The zero-order valence-corrected chi connectivity index (χ0v) is 16.8. The summed E-state index contributed by atoms with van der Waals surface area (Å²) in [6.07, 6.45) is 1.59. The monoisotopic (exact) mass is 407 g/mol. The van der Waals surface area contributed by atoms with Gasteiger partial charge in [0.15, 0.2) is 0 Å². The van der Waals surface area contributed by atoms with Crippen LogP contribution < -0.4 is 38.2 Å². The van der Waals surface area contributed by atoms with Gasteiger partial charge in [0.2, 0.25) is 17.8 Å². The molecule has 3 fully saturated rings. The highest BCUT2D eigenvalue weighted by atomic mass is 16.5. The molecule has 4 unspecified atom stereocenters. The van der Waals surface area contributed by atoms with Crippen molar-refractivity contribution in [1.82, 2.24) is 20.0 Å². The summed E-state index contributed by atoms with van der Waals surface area (Å²) in [5, 5.41) is 2.05. The van der Waals surface area contributed by atoms with E-state index in [1.165, 1.54) is 0 Å². The minimum atomic E-state index is -0.00792. The molecular formula is C17H33N11O. The molecule has 1 aromatic heterocycles. The topological polar surface area (TPSA) is 174 Å². The number of rotatable bonds is 4. The molecule has 0 radical (unpaired) electrons. The first-order valence-corrected chi connectivity index (χ1v) is 10.3. The summed E-state index contributed by atoms with van der Waals surface area (Å²) in [4.78, 5) is 18.1. The maximum absolute atomic E-state index is 6.18. The molecule has 12 nitrogen and oxygen atoms in total. The summed E-state index contributed by atoms with van der Waals surface area (Å²) in [7, 11) is 0. The first kappa shape index (κ1) is 20.4. The van der Waals surface area contributed by atoms with Crippen LogP contribution in [-0.2, 0) is 4.74 Å². The normalized spacial score (nSPS) is 31.7. The Morgan fingerprint density at radius 2 is 1.17 bits per heavy atom. The highest BCUT2D eigenvalue weighted by molar-refractivity contribution is 5.46. The van der Waals surface area contributed by atoms with E-state index in [-0.39, 0.29) is 24.2 Å². The first-order valence-electron chi connectivity index (χ1n) is 10.3. The Kier molecular flexibility index (Phi) is 6.27. The fourth-order valence-corrected chi connectivity index (χ4v) is 4.19. The van der Waals surface area contributed by atoms with Gasteiger partial charge in [-0.05, 0) is 12.8 Å². The Morgan fingerprint density at radius 3 is 1.62 bits per heavy atom. The second-order valence-electron chi connectivity index (χ2n) is 8.29. The number of aromatic nitrogens is 3. The lowest BCUT2D eigenvalue weighted by Crippen LogP contribution is -2.54. The van der Waals surface area contributed by atoms with Gasteiger partial charge in [-0.2, -0.15) is 15.0 Å². The number of nitrogens with two attached hydrogens (primary N) is 4. The van der Waals surface area contributed by atoms with Crippen molar-refractivity contribution in [2.75, 3.05) is 67.7 Å². The Balaban J connectivity index is 1.61. The van der Waals surface area contributed by atoms with E-state index in [0.717, 1.165) is 25.9 Å². The fraction of sp³-hybridized carbons (Fsp3) is 0.824. The van der Waals surface area contributed by atoms with Crippen molar-refractivity contribution in [1.29, 1.82) is 0 Å². The minimum absolute atomic E-state index is 0.00792. The van der Waals surface area contributed by atoms with Crippen molar-refractivity contribution < 1.29 is 4.74 Å². The second kappa shape index (κ2) is 8.90. The zero-order chi connectivity index (χ0) is 20.4. The molecule has 4 atom stereocenters. The minimum Gasteiger partial charge on any atom is -0.379 e. The van der Waals surface area contributed by atoms with Crippen LogP contribution in [0.25, 0.3) is 0 Å². The van der Waals surface area contributed by atoms with Gasteiger partial charge in [0.05, 0.1) is 13.2 Å². The molecule has 0 saturated carbocycles. The Hall–Kier alpha value is -1.83. The van der Waals surface area contributed by atoms with Crippen LogP contribution in [0.4, 0.5) is 17.8 Å². The van der Waals surface area contributed by atoms with Gasteiger partial charge >= 0.3 is 0 Å². The number of hydrazine groups is 1. The van der Waals surface area contributed by atoms with Gasteiger partial charge in [0.1, 0.15) is 0 Å². The van der Waals surface area contributed by atoms with Crippen LogP contribution in [0.3, 0.4) is 0 Å². The Bertz CT molecular complexity index is 621. The molecular weight excluding hydrogens is 374 g/mol. The summed E-state index contributed by atoms with van der Waals surface area (Å²) in [6, 6.07) is -0.0317. The van der Waals surface area contributed by atoms with E-state index < -0.39 is 0 Å². The molecule has 29 heavy (non-hydrogen) atoms. The lowest BCUT2D eigenvalue weighted by Gasteiger charge is -2.37. The van der Waals surface area contributed by atoms with Crippen LogP contribution in [0.2, 0.25) is 0 Å². The van der Waals surface area contributed by atoms with Gasteiger partial charge in [0.25, 0.3) is 0 Å². The number of anilines is 3. The zero-order valence-electron chi connectivity index (χ0n) is 16.8. The predicted molar refractivity (Wildman–Crippen MR) is 111 cm³/mol. The van der Waals surface area contributed by atoms with Gasteiger partial charge in [-0.1, -0.05) is 0 Å². The first-order chi connectivity index (χ1) is 14.0. The largest absolute Gasteiger partial charge is 0.379 e. The molecule has 0 aliphatic carbocycles. The summed E-state index contributed by atoms with van der Waals surface area (Å²) in [6.45, 7) is 5.50. The van der Waals surface area contributed by atoms with Crippen LogP contribution >= 0.6 is 0 Å². The number of piperidine rings is 2. The van der Waals surface area contributed by atoms with E-state index in [0.29, 0.717) is 57.2 Å². The number of nitrogens with zero attached hydrogens (tertiary/aromatic N) is 6. The van der Waals surface area contributed by atoms with E-state index in [1.54, 1.807) is 0 Å². The molecule has 3 aliphatic rings. The molecule has 3 saturated heterocycles. The maximum Gasteiger partial charge on any atom is 0.244 e. The van der Waals surface area contributed by atoms with Crippen LogP contribution in [0.5, 0.6) is 0 Å². The number of ether oxygens (including phenoxy) is 1. The Labute approximate surface area is 170 Å². The highest BCUT2D eigenvalue weighted by Gasteiger charge is 2.29. The molecule has 3 aliphatic heterocycles. The summed E-state index contributed by atoms with van der Waals surface area (Å²) in [5.74, 6) is 1.64. The van der Waals surface area contributed by atoms with E-state index in [2.05, 4.69) is 15.4 Å². The third-order valence-electron chi connectivity index (χ3n) is 5.48. The lowest BCUT2D eigenvalue weighted by molar-refractivity contribution is 0.0492. The molecule has 1 aromatic rings. The van der Waals surface area contributed by atoms with Crippen molar-refractivity contribution in [2.45, 2.75) is 37.0 Å². The predicted octanol–water partition coefficient (Wildman–Crippen LogP) is -2.74. The van der Waals surface area contributed by atoms with Gasteiger partial charge in [0, 0.05) is 63.4 Å². The van der Waals surface area contributed by atoms with Crippen molar-refractivity contribution in [3.05, 3.63) is 0 Å². The number of hydrogen-bond donors (Lipinski definition) is 5. The van der Waals surface area contributed by atoms with Gasteiger partial charge < -0.3 is 37.5 Å². The molecule has 0 bridgehead atoms. The van der Waals surface area contributed by atoms with E-state index in [4.69, 9.17) is 32.7 Å². The molecule has 9 N–H and O–H groups in total. The summed E-state index contributed by atoms with van der Waals surface area (Å²) in [5.41, 5.74) is 28.0. The number of nitrogens with one attached hydrogen (secondary N) is 1. The van der Waals surface area contributed by atoms with Crippen LogP contribution in [0.1, 0.15) is 12.8 Å². The van der Waals surface area contributed by atoms with Gasteiger partial charge in [-0.25, -0.2) is 5.01 Å². The van der Waals surface area contributed by atoms with Crippen molar-refractivity contribution in [2.24, 2.45) is 22.9 Å². The third kappa shape index (κ3) is 5.21. The molecule has 4 heterocycles. The van der Waals surface area contributed by atoms with Crippen molar-refractivity contribution in [3.8, 4) is 0 Å². The quantitative estimate of drug-likeness (QED) is 0.349. The van der Waals surface area contributed by atoms with Gasteiger partial charge in [-0.15, -0.1) is 0 Å². The van der Waals surface area contributed by atoms with E-state index >= 15 is 0 Å². The number of morpholine rings is 1. The van der Waals surface area contributed by atoms with Crippen LogP contribution in [0, 0.1) is 0 Å². The van der Waals surface area contributed by atoms with Crippen LogP contribution in [-0.4, -0.2) is 96.6 Å². The van der Waals surface area contributed by atoms with Gasteiger partial charge in [-0.3, -0.25) is 5.43 Å². The maximum atomic E-state index is 6.18. The van der Waals surface area contributed by atoms with E-state index in [1.807, 2.05) is 14.8 Å². The smallest absolute Gasteiger partial charge is 0.244 e. The average molecular weight is 408 g/mol. The number of hydrogen-bond acceptors (Lipinski definition) is 12. The Morgan fingerprint density at radius 1 is 0.724 bits per heavy atom.